The van der Waals surface area contributed by atoms with Crippen molar-refractivity contribution in [1.29, 1.82) is 0 Å². The van der Waals surface area contributed by atoms with Gasteiger partial charge in [-0.05, 0) is 34.9 Å². The largest absolute Gasteiger partial charge is 0.456 e. The molecule has 9 rings (SSSR count). The van der Waals surface area contributed by atoms with Gasteiger partial charge in [-0.3, -0.25) is 0 Å². The van der Waals surface area contributed by atoms with Crippen LogP contribution in [0.4, 0.5) is 0 Å². The minimum atomic E-state index is 0.303. The number of para-hydroxylation sites is 1. The van der Waals surface area contributed by atoms with Crippen LogP contribution in [0.3, 0.4) is 0 Å². The van der Waals surface area contributed by atoms with E-state index in [2.05, 4.69) is 91.0 Å². The van der Waals surface area contributed by atoms with Crippen LogP contribution in [0.2, 0.25) is 0 Å². The van der Waals surface area contributed by atoms with Crippen molar-refractivity contribution in [2.45, 2.75) is 16.1 Å². The van der Waals surface area contributed by atoms with E-state index in [0.717, 1.165) is 49.8 Å². The molecule has 2 aliphatic rings. The minimum Gasteiger partial charge on any atom is -0.456 e. The Balaban J connectivity index is 1.14. The lowest BCUT2D eigenvalue weighted by atomic mass is 9.89. The van der Waals surface area contributed by atoms with E-state index in [9.17, 15) is 0 Å². The molecule has 1 aliphatic heterocycles. The average molecular weight is 584 g/mol. The Morgan fingerprint density at radius 2 is 1.25 bits per heavy atom. The summed E-state index contributed by atoms with van der Waals surface area (Å²) in [5, 5.41) is 2.65. The Morgan fingerprint density at radius 3 is 2.11 bits per heavy atom. The highest BCUT2D eigenvalue weighted by Gasteiger charge is 2.32. The van der Waals surface area contributed by atoms with Gasteiger partial charge >= 0.3 is 0 Å². The van der Waals surface area contributed by atoms with E-state index in [1.54, 1.807) is 0 Å². The SMILES string of the molecule is C1=CC2Sc3ccccc3C2C=C1c1nc(-c2ccccc2)nc(-c2ccc(-c3cccc4oc5ccccc5c34)cc2)n1. The van der Waals surface area contributed by atoms with E-state index in [4.69, 9.17) is 19.4 Å². The Morgan fingerprint density at radius 1 is 0.568 bits per heavy atom. The lowest BCUT2D eigenvalue weighted by molar-refractivity contribution is 0.669. The van der Waals surface area contributed by atoms with Gasteiger partial charge in [-0.2, -0.15) is 0 Å². The van der Waals surface area contributed by atoms with Gasteiger partial charge < -0.3 is 4.42 Å². The van der Waals surface area contributed by atoms with Gasteiger partial charge in [0.2, 0.25) is 0 Å². The van der Waals surface area contributed by atoms with Crippen molar-refractivity contribution in [3.63, 3.8) is 0 Å². The second-order valence-electron chi connectivity index (χ2n) is 11.2. The molecule has 2 atom stereocenters. The number of aromatic nitrogens is 3. The summed E-state index contributed by atoms with van der Waals surface area (Å²) in [4.78, 5) is 16.3. The number of hydrogen-bond acceptors (Lipinski definition) is 5. The molecule has 0 amide bonds. The van der Waals surface area contributed by atoms with Crippen molar-refractivity contribution in [2.24, 2.45) is 0 Å². The predicted molar refractivity (Wildman–Crippen MR) is 179 cm³/mol. The molecule has 5 heteroatoms. The number of nitrogens with zero attached hydrogens (tertiary/aromatic N) is 3. The molecule has 208 valence electrons. The summed E-state index contributed by atoms with van der Waals surface area (Å²) in [5.74, 6) is 2.32. The molecule has 0 spiro atoms. The maximum absolute atomic E-state index is 6.14. The summed E-state index contributed by atoms with van der Waals surface area (Å²) >= 11 is 1.93. The summed E-state index contributed by atoms with van der Waals surface area (Å²) in [5.41, 5.74) is 8.35. The normalized spacial score (nSPS) is 17.0. The van der Waals surface area contributed by atoms with Gasteiger partial charge in [0.25, 0.3) is 0 Å². The lowest BCUT2D eigenvalue weighted by Gasteiger charge is -2.19. The fraction of sp³-hybridized carbons (Fsp3) is 0.0513. The molecule has 44 heavy (non-hydrogen) atoms. The molecule has 0 fully saturated rings. The first-order valence-electron chi connectivity index (χ1n) is 14.8. The Labute approximate surface area is 258 Å². The van der Waals surface area contributed by atoms with Crippen LogP contribution in [-0.4, -0.2) is 20.2 Å². The molecule has 5 aromatic carbocycles. The van der Waals surface area contributed by atoms with E-state index in [0.29, 0.717) is 28.6 Å². The van der Waals surface area contributed by atoms with E-state index in [1.807, 2.05) is 60.3 Å². The van der Waals surface area contributed by atoms with E-state index < -0.39 is 0 Å². The van der Waals surface area contributed by atoms with Crippen LogP contribution in [0.15, 0.2) is 149 Å². The first-order chi connectivity index (χ1) is 21.8. The fourth-order valence-electron chi connectivity index (χ4n) is 6.36. The van der Waals surface area contributed by atoms with Crippen molar-refractivity contribution in [3.05, 3.63) is 151 Å². The molecule has 2 unspecified atom stereocenters. The molecule has 0 saturated carbocycles. The number of allylic oxidation sites excluding steroid dienone is 3. The van der Waals surface area contributed by atoms with Gasteiger partial charge in [0, 0.05) is 43.5 Å². The number of hydrogen-bond donors (Lipinski definition) is 0. The maximum atomic E-state index is 6.14. The van der Waals surface area contributed by atoms with Gasteiger partial charge in [0.15, 0.2) is 17.5 Å². The van der Waals surface area contributed by atoms with Crippen LogP contribution in [0.1, 0.15) is 17.3 Å². The van der Waals surface area contributed by atoms with Crippen LogP contribution in [0.5, 0.6) is 0 Å². The molecule has 7 aromatic rings. The highest BCUT2D eigenvalue weighted by Crippen LogP contribution is 2.49. The molecule has 3 heterocycles. The molecular weight excluding hydrogens is 559 g/mol. The van der Waals surface area contributed by atoms with Crippen molar-refractivity contribution < 1.29 is 4.42 Å². The first-order valence-corrected chi connectivity index (χ1v) is 15.6. The summed E-state index contributed by atoms with van der Waals surface area (Å²) in [6.07, 6.45) is 6.80. The summed E-state index contributed by atoms with van der Waals surface area (Å²) in [6.45, 7) is 0. The fourth-order valence-corrected chi connectivity index (χ4v) is 7.68. The van der Waals surface area contributed by atoms with Crippen molar-refractivity contribution in [2.75, 3.05) is 0 Å². The number of rotatable bonds is 4. The first kappa shape index (κ1) is 25.3. The lowest BCUT2D eigenvalue weighted by Crippen LogP contribution is -2.11. The number of fused-ring (bicyclic) bond motifs is 6. The monoisotopic (exact) mass is 583 g/mol. The molecule has 0 saturated heterocycles. The second-order valence-corrected chi connectivity index (χ2v) is 12.4. The maximum Gasteiger partial charge on any atom is 0.164 e. The smallest absolute Gasteiger partial charge is 0.164 e. The van der Waals surface area contributed by atoms with Gasteiger partial charge in [0.05, 0.1) is 0 Å². The topological polar surface area (TPSA) is 51.8 Å². The van der Waals surface area contributed by atoms with Crippen LogP contribution in [0, 0.1) is 0 Å². The number of thioether (sulfide) groups is 1. The Bertz CT molecular complexity index is 2270. The predicted octanol–water partition coefficient (Wildman–Crippen LogP) is 9.98. The third-order valence-electron chi connectivity index (χ3n) is 8.50. The number of furan rings is 1. The summed E-state index contributed by atoms with van der Waals surface area (Å²) in [7, 11) is 0. The molecule has 0 radical (unpaired) electrons. The van der Waals surface area contributed by atoms with E-state index in [1.165, 1.54) is 10.5 Å². The van der Waals surface area contributed by atoms with Gasteiger partial charge in [-0.1, -0.05) is 121 Å². The highest BCUT2D eigenvalue weighted by molar-refractivity contribution is 8.00. The minimum absolute atomic E-state index is 0.303. The van der Waals surface area contributed by atoms with Crippen molar-refractivity contribution in [3.8, 4) is 33.9 Å². The highest BCUT2D eigenvalue weighted by atomic mass is 32.2. The van der Waals surface area contributed by atoms with Crippen LogP contribution in [-0.2, 0) is 0 Å². The standard InChI is InChI=1S/C39H25N3OS/c1-2-9-25(10-3-1)37-40-38(42-39(41-37)27-21-22-35-31(23-27)29-11-5-7-16-34(29)44-35)26-19-17-24(18-20-26)28-13-8-15-33-36(28)30-12-4-6-14-32(30)43-33/h1-23,31,35H. The van der Waals surface area contributed by atoms with Crippen LogP contribution < -0.4 is 0 Å². The Hall–Kier alpha value is -5.26. The summed E-state index contributed by atoms with van der Waals surface area (Å²) in [6, 6.07) is 41.8. The molecule has 0 bridgehead atoms. The Kier molecular flexibility index (Phi) is 5.84. The van der Waals surface area contributed by atoms with Crippen LogP contribution >= 0.6 is 11.8 Å². The van der Waals surface area contributed by atoms with Gasteiger partial charge in [-0.15, -0.1) is 11.8 Å². The average Bonchev–Trinajstić information content (AvgIpc) is 3.67. The molecule has 2 aromatic heterocycles. The van der Waals surface area contributed by atoms with E-state index in [-0.39, 0.29) is 0 Å². The van der Waals surface area contributed by atoms with Gasteiger partial charge in [-0.25, -0.2) is 15.0 Å². The zero-order valence-electron chi connectivity index (χ0n) is 23.6. The molecule has 4 nitrogen and oxygen atoms in total. The molecule has 1 aliphatic carbocycles. The second kappa shape index (κ2) is 10.2. The van der Waals surface area contributed by atoms with Gasteiger partial charge in [0.1, 0.15) is 11.2 Å². The third kappa shape index (κ3) is 4.20. The molecular formula is C39H25N3OS. The zero-order chi connectivity index (χ0) is 29.0. The van der Waals surface area contributed by atoms with Crippen LogP contribution in [0.25, 0.3) is 61.4 Å². The van der Waals surface area contributed by atoms with Crippen molar-refractivity contribution in [1.82, 2.24) is 15.0 Å². The molecule has 0 N–H and O–H groups in total. The van der Waals surface area contributed by atoms with Crippen molar-refractivity contribution >= 4 is 39.3 Å². The zero-order valence-corrected chi connectivity index (χ0v) is 24.4. The third-order valence-corrected chi connectivity index (χ3v) is 9.85. The quantitative estimate of drug-likeness (QED) is 0.206. The van der Waals surface area contributed by atoms with E-state index >= 15 is 0 Å². The number of benzene rings is 5. The summed E-state index contributed by atoms with van der Waals surface area (Å²) < 4.78 is 6.14.